The van der Waals surface area contributed by atoms with Crippen LogP contribution in [-0.4, -0.2) is 15.3 Å². The first-order valence-electron chi connectivity index (χ1n) is 5.26. The molecule has 0 bridgehead atoms. The predicted molar refractivity (Wildman–Crippen MR) is 62.1 cm³/mol. The summed E-state index contributed by atoms with van der Waals surface area (Å²) in [7, 11) is 0. The van der Waals surface area contributed by atoms with E-state index in [0.29, 0.717) is 6.42 Å². The average Bonchev–Trinajstić information content (AvgIpc) is 2.77. The highest BCUT2D eigenvalue weighted by molar-refractivity contribution is 5.80. The number of imidazole rings is 1. The van der Waals surface area contributed by atoms with Gasteiger partial charge in [-0.05, 0) is 5.56 Å². The molecule has 0 radical (unpaired) electrons. The number of aromatic nitrogens is 2. The van der Waals surface area contributed by atoms with Gasteiger partial charge in [0.05, 0.1) is 6.54 Å². The Morgan fingerprint density at radius 3 is 2.82 bits per heavy atom. The van der Waals surface area contributed by atoms with E-state index in [4.69, 9.17) is 5.26 Å². The van der Waals surface area contributed by atoms with Crippen LogP contribution >= 0.6 is 0 Å². The van der Waals surface area contributed by atoms with E-state index in [1.54, 1.807) is 10.8 Å². The summed E-state index contributed by atoms with van der Waals surface area (Å²) >= 11 is 0. The maximum Gasteiger partial charge on any atom is 0.213 e. The van der Waals surface area contributed by atoms with Gasteiger partial charge in [0.2, 0.25) is 5.82 Å². The molecule has 2 aromatic rings. The maximum absolute atomic E-state index is 11.8. The number of Topliss-reactive ketones (excluding diaryl/α,β-unsaturated/α-hetero) is 1. The Labute approximate surface area is 99.1 Å². The summed E-state index contributed by atoms with van der Waals surface area (Å²) in [4.78, 5) is 15.6. The minimum atomic E-state index is 0.0608. The van der Waals surface area contributed by atoms with Crippen molar-refractivity contribution in [2.24, 2.45) is 0 Å². The van der Waals surface area contributed by atoms with Crippen LogP contribution in [0.4, 0.5) is 0 Å². The van der Waals surface area contributed by atoms with Crippen LogP contribution in [0.25, 0.3) is 0 Å². The van der Waals surface area contributed by atoms with Crippen LogP contribution in [0.3, 0.4) is 0 Å². The van der Waals surface area contributed by atoms with Crippen molar-refractivity contribution in [1.82, 2.24) is 9.55 Å². The molecule has 17 heavy (non-hydrogen) atoms. The summed E-state index contributed by atoms with van der Waals surface area (Å²) in [6.45, 7) is 0.192. The Balaban J connectivity index is 2.01. The molecule has 1 heterocycles. The molecule has 1 aromatic heterocycles. The van der Waals surface area contributed by atoms with E-state index in [1.807, 2.05) is 36.4 Å². The summed E-state index contributed by atoms with van der Waals surface area (Å²) in [6, 6.07) is 11.5. The monoisotopic (exact) mass is 225 g/mol. The molecule has 84 valence electrons. The van der Waals surface area contributed by atoms with Crippen molar-refractivity contribution in [3.8, 4) is 6.07 Å². The fraction of sp³-hybridized carbons (Fsp3) is 0.154. The Morgan fingerprint density at radius 1 is 1.35 bits per heavy atom. The Bertz CT molecular complexity index is 552. The molecule has 4 nitrogen and oxygen atoms in total. The molecule has 0 aliphatic rings. The third-order valence-corrected chi connectivity index (χ3v) is 2.41. The lowest BCUT2D eigenvalue weighted by molar-refractivity contribution is -0.119. The van der Waals surface area contributed by atoms with Crippen molar-refractivity contribution in [1.29, 1.82) is 5.26 Å². The van der Waals surface area contributed by atoms with Gasteiger partial charge in [-0.15, -0.1) is 0 Å². The topological polar surface area (TPSA) is 58.7 Å². The second-order valence-corrected chi connectivity index (χ2v) is 3.69. The summed E-state index contributed by atoms with van der Waals surface area (Å²) in [6.07, 6.45) is 3.54. The Hall–Kier alpha value is -2.41. The smallest absolute Gasteiger partial charge is 0.213 e. The van der Waals surface area contributed by atoms with E-state index in [0.717, 1.165) is 5.56 Å². The van der Waals surface area contributed by atoms with Crippen LogP contribution in [-0.2, 0) is 17.8 Å². The van der Waals surface area contributed by atoms with Gasteiger partial charge in [0.25, 0.3) is 0 Å². The molecule has 0 unspecified atom stereocenters. The fourth-order valence-electron chi connectivity index (χ4n) is 1.62. The minimum absolute atomic E-state index is 0.0608. The van der Waals surface area contributed by atoms with Gasteiger partial charge >= 0.3 is 0 Å². The van der Waals surface area contributed by atoms with Crippen molar-refractivity contribution in [3.05, 3.63) is 54.1 Å². The van der Waals surface area contributed by atoms with Crippen molar-refractivity contribution >= 4 is 5.78 Å². The number of hydrogen-bond donors (Lipinski definition) is 0. The number of rotatable bonds is 4. The van der Waals surface area contributed by atoms with Gasteiger partial charge in [0.1, 0.15) is 6.07 Å². The third-order valence-electron chi connectivity index (χ3n) is 2.41. The number of carbonyl (C=O) groups excluding carboxylic acids is 1. The molecule has 0 spiro atoms. The van der Waals surface area contributed by atoms with Crippen LogP contribution in [0.5, 0.6) is 0 Å². The number of hydrogen-bond acceptors (Lipinski definition) is 3. The Kier molecular flexibility index (Phi) is 3.31. The zero-order valence-corrected chi connectivity index (χ0v) is 9.21. The van der Waals surface area contributed by atoms with Crippen molar-refractivity contribution in [2.45, 2.75) is 13.0 Å². The molecule has 4 heteroatoms. The van der Waals surface area contributed by atoms with Crippen molar-refractivity contribution in [2.75, 3.05) is 0 Å². The van der Waals surface area contributed by atoms with E-state index in [2.05, 4.69) is 4.98 Å². The highest BCUT2D eigenvalue weighted by atomic mass is 16.1. The van der Waals surface area contributed by atoms with E-state index >= 15 is 0 Å². The summed E-state index contributed by atoms with van der Waals surface area (Å²) in [5.74, 6) is 0.331. The molecule has 0 saturated carbocycles. The molecule has 0 fully saturated rings. The van der Waals surface area contributed by atoms with Crippen LogP contribution in [0.1, 0.15) is 11.4 Å². The predicted octanol–water partition coefficient (Wildman–Crippen LogP) is 1.57. The number of ketones is 1. The molecule has 0 aliphatic heterocycles. The summed E-state index contributed by atoms with van der Waals surface area (Å²) in [5.41, 5.74) is 0.983. The van der Waals surface area contributed by atoms with E-state index < -0.39 is 0 Å². The second-order valence-electron chi connectivity index (χ2n) is 3.69. The van der Waals surface area contributed by atoms with Gasteiger partial charge in [-0.1, -0.05) is 30.3 Å². The summed E-state index contributed by atoms with van der Waals surface area (Å²) < 4.78 is 1.56. The van der Waals surface area contributed by atoms with Gasteiger partial charge in [-0.2, -0.15) is 5.26 Å². The van der Waals surface area contributed by atoms with E-state index in [-0.39, 0.29) is 18.2 Å². The summed E-state index contributed by atoms with van der Waals surface area (Å²) in [5, 5.41) is 8.77. The maximum atomic E-state index is 11.8. The SMILES string of the molecule is N#Cc1nccn1CC(=O)Cc1ccccc1. The number of carbonyl (C=O) groups is 1. The first-order valence-corrected chi connectivity index (χ1v) is 5.26. The molecule has 2 rings (SSSR count). The van der Waals surface area contributed by atoms with E-state index in [9.17, 15) is 4.79 Å². The Morgan fingerprint density at radius 2 is 2.12 bits per heavy atom. The van der Waals surface area contributed by atoms with Gasteiger partial charge in [0, 0.05) is 18.8 Å². The van der Waals surface area contributed by atoms with Gasteiger partial charge < -0.3 is 4.57 Å². The van der Waals surface area contributed by atoms with Gasteiger partial charge in [0.15, 0.2) is 5.78 Å². The molecule has 0 amide bonds. The normalized spacial score (nSPS) is 9.82. The first kappa shape index (κ1) is 11.1. The van der Waals surface area contributed by atoms with Gasteiger partial charge in [-0.3, -0.25) is 4.79 Å². The van der Waals surface area contributed by atoms with Crippen LogP contribution in [0.15, 0.2) is 42.7 Å². The van der Waals surface area contributed by atoms with Crippen LogP contribution in [0.2, 0.25) is 0 Å². The molecule has 0 atom stereocenters. The minimum Gasteiger partial charge on any atom is -0.315 e. The van der Waals surface area contributed by atoms with Crippen LogP contribution < -0.4 is 0 Å². The fourth-order valence-corrected chi connectivity index (χ4v) is 1.62. The number of nitriles is 1. The quantitative estimate of drug-likeness (QED) is 0.793. The second kappa shape index (κ2) is 5.08. The van der Waals surface area contributed by atoms with Crippen LogP contribution in [0, 0.1) is 11.3 Å². The van der Waals surface area contributed by atoms with E-state index in [1.165, 1.54) is 6.20 Å². The highest BCUT2D eigenvalue weighted by Crippen LogP contribution is 2.03. The number of benzene rings is 1. The van der Waals surface area contributed by atoms with Crippen molar-refractivity contribution in [3.63, 3.8) is 0 Å². The standard InChI is InChI=1S/C13H11N3O/c14-9-13-15-6-7-16(13)10-12(17)8-11-4-2-1-3-5-11/h1-7H,8,10H2. The first-order chi connectivity index (χ1) is 8.29. The molecule has 0 aliphatic carbocycles. The third kappa shape index (κ3) is 2.79. The van der Waals surface area contributed by atoms with Gasteiger partial charge in [-0.25, -0.2) is 4.98 Å². The zero-order valence-electron chi connectivity index (χ0n) is 9.21. The molecule has 1 aromatic carbocycles. The number of nitrogens with zero attached hydrogens (tertiary/aromatic N) is 3. The molecular formula is C13H11N3O. The average molecular weight is 225 g/mol. The lowest BCUT2D eigenvalue weighted by Gasteiger charge is -2.03. The molecule has 0 N–H and O–H groups in total. The molecular weight excluding hydrogens is 214 g/mol. The molecule has 0 saturated heterocycles. The lowest BCUT2D eigenvalue weighted by atomic mass is 10.1. The lowest BCUT2D eigenvalue weighted by Crippen LogP contribution is -2.13. The zero-order chi connectivity index (χ0) is 12.1. The van der Waals surface area contributed by atoms with Crippen molar-refractivity contribution < 1.29 is 4.79 Å². The highest BCUT2D eigenvalue weighted by Gasteiger charge is 2.07. The largest absolute Gasteiger partial charge is 0.315 e.